The van der Waals surface area contributed by atoms with Gasteiger partial charge in [0.2, 0.25) is 0 Å². The van der Waals surface area contributed by atoms with Crippen molar-refractivity contribution in [2.45, 2.75) is 20.0 Å². The van der Waals surface area contributed by atoms with Crippen molar-refractivity contribution >= 4 is 0 Å². The minimum Gasteiger partial charge on any atom is -0.392 e. The number of β-amino-alcohol motifs (C(OH)–C–C–N with tert-alkyl or cyclic N) is 1. The molecule has 0 radical (unpaired) electrons. The topological polar surface area (TPSA) is 35.9 Å². The van der Waals surface area contributed by atoms with E-state index in [1.54, 1.807) is 0 Å². The van der Waals surface area contributed by atoms with Crippen LogP contribution in [0.4, 0.5) is 0 Å². The van der Waals surface area contributed by atoms with Gasteiger partial charge in [-0.1, -0.05) is 0 Å². The first-order valence-electron chi connectivity index (χ1n) is 5.00. The summed E-state index contributed by atoms with van der Waals surface area (Å²) in [4.78, 5) is 7.64. The Bertz CT molecular complexity index is 134. The van der Waals surface area contributed by atoms with Crippen LogP contribution in [0.3, 0.4) is 0 Å². The molecule has 0 aromatic heterocycles. The van der Waals surface area contributed by atoms with Crippen LogP contribution in [0.15, 0.2) is 0 Å². The molecule has 0 amide bonds. The molecule has 1 rings (SSSR count). The largest absolute Gasteiger partial charge is 0.392 e. The highest BCUT2D eigenvalue weighted by molar-refractivity contribution is 4.68. The second-order valence-electron chi connectivity index (χ2n) is 3.50. The normalized spacial score (nSPS) is 23.3. The molecule has 0 saturated carbocycles. The maximum Gasteiger partial charge on any atom is 0.0656 e. The summed E-state index contributed by atoms with van der Waals surface area (Å²) in [7, 11) is 0. The first-order chi connectivity index (χ1) is 6.22. The van der Waals surface area contributed by atoms with E-state index in [1.165, 1.54) is 0 Å². The van der Waals surface area contributed by atoms with Crippen molar-refractivity contribution in [3.05, 3.63) is 0 Å². The van der Waals surface area contributed by atoms with Crippen LogP contribution in [0.25, 0.3) is 0 Å². The van der Waals surface area contributed by atoms with E-state index in [0.717, 1.165) is 39.3 Å². The van der Waals surface area contributed by atoms with E-state index >= 15 is 0 Å². The summed E-state index contributed by atoms with van der Waals surface area (Å²) >= 11 is 0. The molecule has 1 atom stereocenters. The molecule has 0 aromatic carbocycles. The van der Waals surface area contributed by atoms with E-state index in [-0.39, 0.29) is 6.10 Å². The Morgan fingerprint density at radius 3 is 2.38 bits per heavy atom. The fraction of sp³-hybridized carbons (Fsp3) is 1.00. The number of hydrogen-bond donors (Lipinski definition) is 1. The molecular formula is C9H20N2O2. The average Bonchev–Trinajstić information content (AvgIpc) is 2.08. The summed E-state index contributed by atoms with van der Waals surface area (Å²) in [6.07, 6.45) is -0.223. The first kappa shape index (κ1) is 10.9. The van der Waals surface area contributed by atoms with Gasteiger partial charge < -0.3 is 5.11 Å². The highest BCUT2D eigenvalue weighted by atomic mass is 16.7. The Hall–Kier alpha value is -0.160. The van der Waals surface area contributed by atoms with Gasteiger partial charge in [0, 0.05) is 32.7 Å². The maximum absolute atomic E-state index is 9.19. The lowest BCUT2D eigenvalue weighted by atomic mass is 10.3. The third-order valence-corrected chi connectivity index (χ3v) is 2.17. The molecule has 4 heteroatoms. The van der Waals surface area contributed by atoms with Crippen LogP contribution in [0.2, 0.25) is 0 Å². The molecule has 13 heavy (non-hydrogen) atoms. The van der Waals surface area contributed by atoms with Crippen LogP contribution < -0.4 is 0 Å². The van der Waals surface area contributed by atoms with Crippen molar-refractivity contribution < 1.29 is 9.94 Å². The first-order valence-corrected chi connectivity index (χ1v) is 5.00. The average molecular weight is 188 g/mol. The molecular weight excluding hydrogens is 168 g/mol. The number of aliphatic hydroxyl groups is 1. The molecule has 78 valence electrons. The van der Waals surface area contributed by atoms with E-state index in [1.807, 2.05) is 18.9 Å². The molecule has 4 nitrogen and oxygen atoms in total. The summed E-state index contributed by atoms with van der Waals surface area (Å²) in [5.74, 6) is 0. The molecule has 1 aliphatic heterocycles. The van der Waals surface area contributed by atoms with Crippen LogP contribution in [-0.4, -0.2) is 60.5 Å². The smallest absolute Gasteiger partial charge is 0.0656 e. The molecule has 0 aromatic rings. The van der Waals surface area contributed by atoms with Crippen LogP contribution >= 0.6 is 0 Å². The number of nitrogens with zero attached hydrogens (tertiary/aromatic N) is 2. The molecule has 1 N–H and O–H groups in total. The van der Waals surface area contributed by atoms with Gasteiger partial charge in [0.1, 0.15) is 0 Å². The van der Waals surface area contributed by atoms with Crippen molar-refractivity contribution in [1.29, 1.82) is 0 Å². The highest BCUT2D eigenvalue weighted by Gasteiger charge is 2.17. The van der Waals surface area contributed by atoms with Gasteiger partial charge in [-0.2, -0.15) is 5.06 Å². The van der Waals surface area contributed by atoms with E-state index in [2.05, 4.69) is 4.90 Å². The summed E-state index contributed by atoms with van der Waals surface area (Å²) in [5.41, 5.74) is 0. The van der Waals surface area contributed by atoms with Crippen molar-refractivity contribution in [3.8, 4) is 0 Å². The summed E-state index contributed by atoms with van der Waals surface area (Å²) in [6.45, 7) is 9.23. The Labute approximate surface area is 80.0 Å². The lowest BCUT2D eigenvalue weighted by Crippen LogP contribution is -2.48. The third kappa shape index (κ3) is 4.04. The van der Waals surface area contributed by atoms with Crippen molar-refractivity contribution in [2.24, 2.45) is 0 Å². The molecule has 1 fully saturated rings. The molecule has 1 unspecified atom stereocenters. The second-order valence-corrected chi connectivity index (χ2v) is 3.50. The molecule has 1 saturated heterocycles. The minimum absolute atomic E-state index is 0.223. The van der Waals surface area contributed by atoms with Crippen molar-refractivity contribution in [1.82, 2.24) is 9.96 Å². The summed E-state index contributed by atoms with van der Waals surface area (Å²) in [5, 5.41) is 11.2. The van der Waals surface area contributed by atoms with Crippen molar-refractivity contribution in [3.63, 3.8) is 0 Å². The summed E-state index contributed by atoms with van der Waals surface area (Å²) < 4.78 is 0. The van der Waals surface area contributed by atoms with E-state index < -0.39 is 0 Å². The number of piperazine rings is 1. The Kier molecular flexibility index (Phi) is 4.66. The standard InChI is InChI=1S/C9H20N2O2/c1-3-13-11-6-4-10(5-7-11)8-9(2)12/h9,12H,3-8H2,1-2H3. The number of hydroxylamine groups is 2. The van der Waals surface area contributed by atoms with Gasteiger partial charge in [-0.05, 0) is 13.8 Å². The quantitative estimate of drug-likeness (QED) is 0.670. The van der Waals surface area contributed by atoms with E-state index in [0.29, 0.717) is 0 Å². The summed E-state index contributed by atoms with van der Waals surface area (Å²) in [6, 6.07) is 0. The van der Waals surface area contributed by atoms with E-state index in [9.17, 15) is 5.11 Å². The number of rotatable bonds is 4. The predicted octanol–water partition coefficient (Wildman–Crippen LogP) is -0.0637. The predicted molar refractivity (Wildman–Crippen MR) is 51.3 cm³/mol. The third-order valence-electron chi connectivity index (χ3n) is 2.17. The lowest BCUT2D eigenvalue weighted by Gasteiger charge is -2.34. The molecule has 0 spiro atoms. The van der Waals surface area contributed by atoms with Gasteiger partial charge in [-0.3, -0.25) is 9.74 Å². The van der Waals surface area contributed by atoms with Crippen molar-refractivity contribution in [2.75, 3.05) is 39.3 Å². The van der Waals surface area contributed by atoms with Gasteiger partial charge in [0.25, 0.3) is 0 Å². The fourth-order valence-electron chi connectivity index (χ4n) is 1.60. The molecule has 0 aliphatic carbocycles. The Morgan fingerprint density at radius 2 is 1.92 bits per heavy atom. The molecule has 1 aliphatic rings. The van der Waals surface area contributed by atoms with Crippen LogP contribution in [0.5, 0.6) is 0 Å². The van der Waals surface area contributed by atoms with Gasteiger partial charge in [0.15, 0.2) is 0 Å². The van der Waals surface area contributed by atoms with Crippen LogP contribution in [0, 0.1) is 0 Å². The maximum atomic E-state index is 9.19. The SMILES string of the molecule is CCON1CCN(CC(C)O)CC1. The molecule has 1 heterocycles. The monoisotopic (exact) mass is 188 g/mol. The van der Waals surface area contributed by atoms with Gasteiger partial charge >= 0.3 is 0 Å². The Morgan fingerprint density at radius 1 is 1.31 bits per heavy atom. The van der Waals surface area contributed by atoms with Crippen LogP contribution in [0.1, 0.15) is 13.8 Å². The molecule has 0 bridgehead atoms. The zero-order chi connectivity index (χ0) is 9.68. The fourth-order valence-corrected chi connectivity index (χ4v) is 1.60. The number of hydrogen-bond acceptors (Lipinski definition) is 4. The zero-order valence-corrected chi connectivity index (χ0v) is 8.57. The van der Waals surface area contributed by atoms with Crippen LogP contribution in [-0.2, 0) is 4.84 Å². The number of aliphatic hydroxyl groups excluding tert-OH is 1. The van der Waals surface area contributed by atoms with Gasteiger partial charge in [0.05, 0.1) is 12.7 Å². The van der Waals surface area contributed by atoms with Gasteiger partial charge in [-0.25, -0.2) is 0 Å². The van der Waals surface area contributed by atoms with Gasteiger partial charge in [-0.15, -0.1) is 0 Å². The highest BCUT2D eigenvalue weighted by Crippen LogP contribution is 2.02. The second kappa shape index (κ2) is 5.54. The zero-order valence-electron chi connectivity index (χ0n) is 8.57. The minimum atomic E-state index is -0.223. The van der Waals surface area contributed by atoms with E-state index in [4.69, 9.17) is 4.84 Å². The lowest BCUT2D eigenvalue weighted by molar-refractivity contribution is -0.173. The Balaban J connectivity index is 2.15.